The fourth-order valence-electron chi connectivity index (χ4n) is 3.57. The van der Waals surface area contributed by atoms with Crippen LogP contribution in [0.3, 0.4) is 0 Å². The number of esters is 1. The maximum Gasteiger partial charge on any atom is 0.342 e. The van der Waals surface area contributed by atoms with Crippen LogP contribution in [0.25, 0.3) is 16.9 Å². The molecule has 1 atom stereocenters. The molecule has 1 fully saturated rings. The van der Waals surface area contributed by atoms with Crippen molar-refractivity contribution in [3.8, 4) is 16.9 Å². The molecule has 1 aliphatic rings. The lowest BCUT2D eigenvalue weighted by atomic mass is 10.0. The highest BCUT2D eigenvalue weighted by Crippen LogP contribution is 2.27. The normalized spacial score (nSPS) is 15.6. The van der Waals surface area contributed by atoms with Crippen LogP contribution in [0.5, 0.6) is 0 Å². The van der Waals surface area contributed by atoms with Crippen molar-refractivity contribution in [1.29, 1.82) is 0 Å². The van der Waals surface area contributed by atoms with Crippen LogP contribution in [0, 0.1) is 6.92 Å². The van der Waals surface area contributed by atoms with E-state index in [4.69, 9.17) is 9.47 Å². The van der Waals surface area contributed by atoms with E-state index in [1.165, 1.54) is 0 Å². The van der Waals surface area contributed by atoms with Gasteiger partial charge < -0.3 is 14.8 Å². The van der Waals surface area contributed by atoms with Crippen molar-refractivity contribution in [3.63, 3.8) is 0 Å². The highest BCUT2D eigenvalue weighted by atomic mass is 16.5. The van der Waals surface area contributed by atoms with Crippen LogP contribution in [-0.2, 0) is 14.3 Å². The SMILES string of the molecule is Cc1ccccc1-c1nn(-c2ccccc2)cc1C(=O)OCC(=O)NC[C@H]1CCCO1. The van der Waals surface area contributed by atoms with Crippen molar-refractivity contribution in [2.24, 2.45) is 0 Å². The van der Waals surface area contributed by atoms with Gasteiger partial charge in [0, 0.05) is 24.9 Å². The molecule has 0 spiro atoms. The first-order valence-corrected chi connectivity index (χ1v) is 10.4. The molecule has 7 heteroatoms. The van der Waals surface area contributed by atoms with E-state index >= 15 is 0 Å². The lowest BCUT2D eigenvalue weighted by Crippen LogP contribution is -2.34. The number of aromatic nitrogens is 2. The number of nitrogens with zero attached hydrogens (tertiary/aromatic N) is 2. The number of nitrogens with one attached hydrogen (secondary N) is 1. The predicted molar refractivity (Wildman–Crippen MR) is 116 cm³/mol. The Morgan fingerprint density at radius 2 is 1.94 bits per heavy atom. The van der Waals surface area contributed by atoms with Gasteiger partial charge in [0.15, 0.2) is 6.61 Å². The molecule has 31 heavy (non-hydrogen) atoms. The largest absolute Gasteiger partial charge is 0.452 e. The summed E-state index contributed by atoms with van der Waals surface area (Å²) in [6.07, 6.45) is 3.61. The average molecular weight is 419 g/mol. The molecule has 0 aliphatic carbocycles. The Labute approximate surface area is 181 Å². The first-order valence-electron chi connectivity index (χ1n) is 10.4. The van der Waals surface area contributed by atoms with Crippen LogP contribution in [0.4, 0.5) is 0 Å². The van der Waals surface area contributed by atoms with Crippen molar-refractivity contribution in [3.05, 3.63) is 71.9 Å². The average Bonchev–Trinajstić information content (AvgIpc) is 3.47. The zero-order valence-electron chi connectivity index (χ0n) is 17.4. The Kier molecular flexibility index (Phi) is 6.43. The number of rotatable bonds is 7. The molecule has 0 saturated carbocycles. The van der Waals surface area contributed by atoms with Gasteiger partial charge in [0.2, 0.25) is 0 Å². The van der Waals surface area contributed by atoms with Crippen molar-refractivity contribution < 1.29 is 19.1 Å². The van der Waals surface area contributed by atoms with Gasteiger partial charge >= 0.3 is 5.97 Å². The standard InChI is InChI=1S/C24H25N3O4/c1-17-8-5-6-12-20(17)23-21(15-27(26-23)18-9-3-2-4-10-18)24(29)31-16-22(28)25-14-19-11-7-13-30-19/h2-6,8-10,12,15,19H,7,11,13-14,16H2,1H3,(H,25,28)/t19-/m1/s1. The molecule has 2 aromatic carbocycles. The Balaban J connectivity index is 1.51. The van der Waals surface area contributed by atoms with Crippen LogP contribution in [0.15, 0.2) is 60.8 Å². The molecular weight excluding hydrogens is 394 g/mol. The van der Waals surface area contributed by atoms with E-state index in [9.17, 15) is 9.59 Å². The van der Waals surface area contributed by atoms with Crippen LogP contribution in [-0.4, -0.2) is 47.5 Å². The predicted octanol–water partition coefficient (Wildman–Crippen LogP) is 3.30. The summed E-state index contributed by atoms with van der Waals surface area (Å²) in [6.45, 7) is 2.76. The molecule has 2 heterocycles. The lowest BCUT2D eigenvalue weighted by Gasteiger charge is -2.11. The third-order valence-corrected chi connectivity index (χ3v) is 5.24. The molecule has 1 amide bonds. The van der Waals surface area contributed by atoms with E-state index in [1.54, 1.807) is 10.9 Å². The molecule has 0 bridgehead atoms. The second-order valence-electron chi connectivity index (χ2n) is 7.50. The minimum atomic E-state index is -0.590. The van der Waals surface area contributed by atoms with Gasteiger partial charge in [-0.2, -0.15) is 5.10 Å². The number of hydrogen-bond acceptors (Lipinski definition) is 5. The van der Waals surface area contributed by atoms with Crippen molar-refractivity contribution in [2.75, 3.05) is 19.8 Å². The summed E-state index contributed by atoms with van der Waals surface area (Å²) < 4.78 is 12.4. The van der Waals surface area contributed by atoms with Crippen LogP contribution in [0.2, 0.25) is 0 Å². The Morgan fingerprint density at radius 3 is 2.68 bits per heavy atom. The number of carbonyl (C=O) groups is 2. The lowest BCUT2D eigenvalue weighted by molar-refractivity contribution is -0.124. The summed E-state index contributed by atoms with van der Waals surface area (Å²) in [4.78, 5) is 25.0. The molecular formula is C24H25N3O4. The van der Waals surface area contributed by atoms with Crippen LogP contribution in [0.1, 0.15) is 28.8 Å². The van der Waals surface area contributed by atoms with E-state index in [-0.39, 0.29) is 18.6 Å². The quantitative estimate of drug-likeness (QED) is 0.594. The molecule has 1 aliphatic heterocycles. The van der Waals surface area contributed by atoms with E-state index in [0.29, 0.717) is 17.8 Å². The number of aryl methyl sites for hydroxylation is 1. The topological polar surface area (TPSA) is 82.5 Å². The highest BCUT2D eigenvalue weighted by molar-refractivity contribution is 5.97. The van der Waals surface area contributed by atoms with Gasteiger partial charge in [0.05, 0.1) is 11.8 Å². The number of amides is 1. The molecule has 0 radical (unpaired) electrons. The van der Waals surface area contributed by atoms with Gasteiger partial charge in [-0.25, -0.2) is 9.48 Å². The minimum absolute atomic E-state index is 0.0383. The third kappa shape index (κ3) is 5.00. The zero-order chi connectivity index (χ0) is 21.6. The van der Waals surface area contributed by atoms with Gasteiger partial charge in [-0.1, -0.05) is 42.5 Å². The van der Waals surface area contributed by atoms with Gasteiger partial charge in [0.25, 0.3) is 5.91 Å². The summed E-state index contributed by atoms with van der Waals surface area (Å²) in [5.74, 6) is -0.940. The molecule has 1 N–H and O–H groups in total. The highest BCUT2D eigenvalue weighted by Gasteiger charge is 2.22. The summed E-state index contributed by atoms with van der Waals surface area (Å²) in [5, 5.41) is 7.40. The van der Waals surface area contributed by atoms with E-state index < -0.39 is 5.97 Å². The summed E-state index contributed by atoms with van der Waals surface area (Å²) >= 11 is 0. The zero-order valence-corrected chi connectivity index (χ0v) is 17.4. The van der Waals surface area contributed by atoms with E-state index in [2.05, 4.69) is 10.4 Å². The van der Waals surface area contributed by atoms with Gasteiger partial charge in [-0.3, -0.25) is 4.79 Å². The molecule has 3 aromatic rings. The first kappa shape index (κ1) is 20.8. The molecule has 4 rings (SSSR count). The number of para-hydroxylation sites is 1. The Bertz CT molecular complexity index is 1060. The minimum Gasteiger partial charge on any atom is -0.452 e. The summed E-state index contributed by atoms with van der Waals surface area (Å²) in [7, 11) is 0. The second-order valence-corrected chi connectivity index (χ2v) is 7.50. The van der Waals surface area contributed by atoms with Crippen molar-refractivity contribution >= 4 is 11.9 Å². The fraction of sp³-hybridized carbons (Fsp3) is 0.292. The third-order valence-electron chi connectivity index (χ3n) is 5.24. The number of benzene rings is 2. The van der Waals surface area contributed by atoms with Gasteiger partial charge in [0.1, 0.15) is 11.3 Å². The van der Waals surface area contributed by atoms with Crippen molar-refractivity contribution in [1.82, 2.24) is 15.1 Å². The summed E-state index contributed by atoms with van der Waals surface area (Å²) in [5.41, 5.74) is 3.48. The smallest absolute Gasteiger partial charge is 0.342 e. The van der Waals surface area contributed by atoms with E-state index in [0.717, 1.165) is 36.3 Å². The van der Waals surface area contributed by atoms with E-state index in [1.807, 2.05) is 61.5 Å². The Hall–Kier alpha value is -3.45. The van der Waals surface area contributed by atoms with Crippen LogP contribution >= 0.6 is 0 Å². The van der Waals surface area contributed by atoms with Gasteiger partial charge in [-0.05, 0) is 37.5 Å². The molecule has 7 nitrogen and oxygen atoms in total. The number of hydrogen-bond donors (Lipinski definition) is 1. The first-order chi connectivity index (χ1) is 15.1. The Morgan fingerprint density at radius 1 is 1.16 bits per heavy atom. The molecule has 0 unspecified atom stereocenters. The molecule has 1 aromatic heterocycles. The maximum atomic E-state index is 12.9. The number of ether oxygens (including phenoxy) is 2. The molecule has 1 saturated heterocycles. The summed E-state index contributed by atoms with van der Waals surface area (Å²) in [6, 6.07) is 17.2. The molecule has 160 valence electrons. The maximum absolute atomic E-state index is 12.9. The number of carbonyl (C=O) groups excluding carboxylic acids is 2. The van der Waals surface area contributed by atoms with Crippen LogP contribution < -0.4 is 5.32 Å². The monoisotopic (exact) mass is 419 g/mol. The fourth-order valence-corrected chi connectivity index (χ4v) is 3.57. The van der Waals surface area contributed by atoms with Crippen molar-refractivity contribution in [2.45, 2.75) is 25.9 Å². The second kappa shape index (κ2) is 9.57. The van der Waals surface area contributed by atoms with Gasteiger partial charge in [-0.15, -0.1) is 0 Å².